The van der Waals surface area contributed by atoms with E-state index in [1.165, 1.54) is 6.92 Å². The van der Waals surface area contributed by atoms with E-state index in [9.17, 15) is 10.1 Å². The minimum absolute atomic E-state index is 0.0288. The molecule has 0 radical (unpaired) electrons. The highest BCUT2D eigenvalue weighted by Crippen LogP contribution is 2.44. The highest BCUT2D eigenvalue weighted by Gasteiger charge is 2.66. The van der Waals surface area contributed by atoms with Crippen LogP contribution in [0.2, 0.25) is 0 Å². The second-order valence-electron chi connectivity index (χ2n) is 4.78. The van der Waals surface area contributed by atoms with Crippen molar-refractivity contribution in [1.82, 2.24) is 0 Å². The molecule has 2 fully saturated rings. The van der Waals surface area contributed by atoms with Crippen LogP contribution in [-0.2, 0) is 23.7 Å². The molecule has 0 aromatic carbocycles. The van der Waals surface area contributed by atoms with E-state index in [4.69, 9.17) is 24.7 Å². The number of hydrogen-bond acceptors (Lipinski definition) is 7. The molecule has 2 saturated heterocycles. The van der Waals surface area contributed by atoms with Gasteiger partial charge in [-0.15, -0.1) is 0 Å². The van der Waals surface area contributed by atoms with Crippen LogP contribution in [-0.4, -0.2) is 42.4 Å². The number of fused-ring (bicyclic) bond motifs is 1. The van der Waals surface area contributed by atoms with E-state index in [0.717, 1.165) is 0 Å². The third-order valence-corrected chi connectivity index (χ3v) is 2.96. The molecule has 7 heteroatoms. The number of carbonyl (C=O) groups excluding carboxylic acids is 1. The summed E-state index contributed by atoms with van der Waals surface area (Å²) in [4.78, 5) is 11.2. The molecule has 0 unspecified atom stereocenters. The van der Waals surface area contributed by atoms with Crippen LogP contribution in [0.3, 0.4) is 0 Å². The number of carbonyl (C=O) groups is 1. The standard InChI is InChI=1S/C11H16N2O5/c1-6(14)16-11(5-13)7(4-12)15-9-8(11)17-10(2,3)18-9/h7-9H,4,12H2,1-3H3/t7-,8+,9-,11-/m1/s1. The van der Waals surface area contributed by atoms with E-state index in [2.05, 4.69) is 0 Å². The molecule has 0 aromatic heterocycles. The lowest BCUT2D eigenvalue weighted by Crippen LogP contribution is -2.53. The molecule has 0 aromatic rings. The van der Waals surface area contributed by atoms with E-state index in [-0.39, 0.29) is 6.54 Å². The summed E-state index contributed by atoms with van der Waals surface area (Å²) in [5, 5.41) is 9.39. The molecule has 2 aliphatic heterocycles. The topological polar surface area (TPSA) is 104 Å². The van der Waals surface area contributed by atoms with Crippen molar-refractivity contribution in [3.63, 3.8) is 0 Å². The summed E-state index contributed by atoms with van der Waals surface area (Å²) >= 11 is 0. The van der Waals surface area contributed by atoms with Crippen LogP contribution in [0.25, 0.3) is 0 Å². The lowest BCUT2D eigenvalue weighted by atomic mass is 9.93. The maximum atomic E-state index is 11.2. The van der Waals surface area contributed by atoms with Gasteiger partial charge in [0.15, 0.2) is 18.2 Å². The first-order valence-electron chi connectivity index (χ1n) is 5.66. The maximum Gasteiger partial charge on any atom is 0.304 e. The molecule has 0 amide bonds. The Morgan fingerprint density at radius 2 is 2.17 bits per heavy atom. The second kappa shape index (κ2) is 4.17. The Morgan fingerprint density at radius 1 is 1.50 bits per heavy atom. The molecule has 4 atom stereocenters. The van der Waals surface area contributed by atoms with Crippen LogP contribution in [0.1, 0.15) is 20.8 Å². The molecule has 7 nitrogen and oxygen atoms in total. The van der Waals surface area contributed by atoms with Crippen molar-refractivity contribution >= 4 is 5.97 Å². The molecule has 0 aliphatic carbocycles. The average molecular weight is 256 g/mol. The highest BCUT2D eigenvalue weighted by molar-refractivity contribution is 5.67. The summed E-state index contributed by atoms with van der Waals surface area (Å²) in [6, 6.07) is 1.97. The van der Waals surface area contributed by atoms with Crippen LogP contribution < -0.4 is 5.73 Å². The average Bonchev–Trinajstić information content (AvgIpc) is 2.70. The van der Waals surface area contributed by atoms with Crippen molar-refractivity contribution in [2.45, 2.75) is 50.7 Å². The van der Waals surface area contributed by atoms with Gasteiger partial charge in [-0.3, -0.25) is 4.79 Å². The first kappa shape index (κ1) is 13.2. The predicted octanol–water partition coefficient (Wildman–Crippen LogP) is -0.353. The number of nitrogens with two attached hydrogens (primary N) is 1. The summed E-state index contributed by atoms with van der Waals surface area (Å²) in [6.45, 7) is 4.64. The molecule has 0 saturated carbocycles. The van der Waals surface area contributed by atoms with Crippen LogP contribution in [0.4, 0.5) is 0 Å². The van der Waals surface area contributed by atoms with Gasteiger partial charge >= 0.3 is 5.97 Å². The van der Waals surface area contributed by atoms with Crippen molar-refractivity contribution in [1.29, 1.82) is 5.26 Å². The first-order chi connectivity index (χ1) is 8.34. The summed E-state index contributed by atoms with van der Waals surface area (Å²) < 4.78 is 21.8. The lowest BCUT2D eigenvalue weighted by Gasteiger charge is -2.30. The van der Waals surface area contributed by atoms with Crippen LogP contribution in [0.15, 0.2) is 0 Å². The summed E-state index contributed by atoms with van der Waals surface area (Å²) in [5.41, 5.74) is 4.00. The van der Waals surface area contributed by atoms with Gasteiger partial charge in [-0.1, -0.05) is 0 Å². The summed E-state index contributed by atoms with van der Waals surface area (Å²) in [5.74, 6) is -1.48. The van der Waals surface area contributed by atoms with Gasteiger partial charge < -0.3 is 24.7 Å². The van der Waals surface area contributed by atoms with E-state index < -0.39 is 35.9 Å². The fraction of sp³-hybridized carbons (Fsp3) is 0.818. The molecule has 2 rings (SSSR count). The van der Waals surface area contributed by atoms with Gasteiger partial charge in [0.05, 0.1) is 0 Å². The quantitative estimate of drug-likeness (QED) is 0.673. The molecule has 0 bridgehead atoms. The Morgan fingerprint density at radius 3 is 2.67 bits per heavy atom. The number of hydrogen-bond donors (Lipinski definition) is 1. The Bertz CT molecular complexity index is 405. The summed E-state index contributed by atoms with van der Waals surface area (Å²) in [7, 11) is 0. The molecular weight excluding hydrogens is 240 g/mol. The van der Waals surface area contributed by atoms with Gasteiger partial charge in [-0.2, -0.15) is 5.26 Å². The zero-order valence-corrected chi connectivity index (χ0v) is 10.5. The molecule has 100 valence electrons. The number of esters is 1. The number of nitrogens with zero attached hydrogens (tertiary/aromatic N) is 1. The van der Waals surface area contributed by atoms with Crippen LogP contribution in [0.5, 0.6) is 0 Å². The van der Waals surface area contributed by atoms with Gasteiger partial charge in [0.2, 0.25) is 0 Å². The zero-order chi connectivity index (χ0) is 13.6. The van der Waals surface area contributed by atoms with Crippen molar-refractivity contribution in [3.05, 3.63) is 0 Å². The number of ether oxygens (including phenoxy) is 4. The SMILES string of the molecule is CC(=O)O[C@]1(C#N)[C@@H](CN)O[C@@H]2OC(C)(C)O[C@@H]21. The van der Waals surface area contributed by atoms with E-state index >= 15 is 0 Å². The summed E-state index contributed by atoms with van der Waals surface area (Å²) in [6.07, 6.45) is -2.32. The molecule has 2 aliphatic rings. The van der Waals surface area contributed by atoms with Crippen LogP contribution in [0, 0.1) is 11.3 Å². The monoisotopic (exact) mass is 256 g/mol. The van der Waals surface area contributed by atoms with Crippen molar-refractivity contribution in [2.75, 3.05) is 6.54 Å². The highest BCUT2D eigenvalue weighted by atomic mass is 16.8. The van der Waals surface area contributed by atoms with Crippen LogP contribution >= 0.6 is 0 Å². The molecule has 2 heterocycles. The van der Waals surface area contributed by atoms with Gasteiger partial charge in [-0.05, 0) is 13.8 Å². The zero-order valence-electron chi connectivity index (χ0n) is 10.5. The maximum absolute atomic E-state index is 11.2. The van der Waals surface area contributed by atoms with Crippen molar-refractivity contribution in [2.24, 2.45) is 5.73 Å². The van der Waals surface area contributed by atoms with Gasteiger partial charge in [0.25, 0.3) is 5.60 Å². The Kier molecular flexibility index (Phi) is 3.07. The third kappa shape index (κ3) is 1.87. The van der Waals surface area contributed by atoms with Crippen molar-refractivity contribution < 1.29 is 23.7 Å². The van der Waals surface area contributed by atoms with E-state index in [0.29, 0.717) is 0 Å². The third-order valence-electron chi connectivity index (χ3n) is 2.96. The minimum atomic E-state index is -1.56. The smallest absolute Gasteiger partial charge is 0.304 e. The lowest BCUT2D eigenvalue weighted by molar-refractivity contribution is -0.225. The van der Waals surface area contributed by atoms with E-state index in [1.807, 2.05) is 6.07 Å². The Labute approximate surface area is 105 Å². The normalized spacial score (nSPS) is 41.2. The minimum Gasteiger partial charge on any atom is -0.438 e. The molecule has 2 N–H and O–H groups in total. The number of nitriles is 1. The largest absolute Gasteiger partial charge is 0.438 e. The molecule has 0 spiro atoms. The van der Waals surface area contributed by atoms with Crippen molar-refractivity contribution in [3.8, 4) is 6.07 Å². The van der Waals surface area contributed by atoms with Gasteiger partial charge in [0, 0.05) is 13.5 Å². The first-order valence-corrected chi connectivity index (χ1v) is 5.66. The molecule has 18 heavy (non-hydrogen) atoms. The Hall–Kier alpha value is -1.20. The fourth-order valence-corrected chi connectivity index (χ4v) is 2.32. The number of rotatable bonds is 2. The van der Waals surface area contributed by atoms with Gasteiger partial charge in [-0.25, -0.2) is 0 Å². The van der Waals surface area contributed by atoms with E-state index in [1.54, 1.807) is 13.8 Å². The Balaban J connectivity index is 2.34. The molecular formula is C11H16N2O5. The predicted molar refractivity (Wildman–Crippen MR) is 57.9 cm³/mol. The van der Waals surface area contributed by atoms with Gasteiger partial charge in [0.1, 0.15) is 12.2 Å². The fourth-order valence-electron chi connectivity index (χ4n) is 2.32. The second-order valence-corrected chi connectivity index (χ2v) is 4.78.